The van der Waals surface area contributed by atoms with E-state index in [1.54, 1.807) is 18.2 Å². The van der Waals surface area contributed by atoms with Crippen molar-refractivity contribution in [3.8, 4) is 5.75 Å². The molecule has 0 spiro atoms. The van der Waals surface area contributed by atoms with Gasteiger partial charge in [-0.3, -0.25) is 4.57 Å². The highest BCUT2D eigenvalue weighted by Crippen LogP contribution is 2.31. The van der Waals surface area contributed by atoms with E-state index in [-0.39, 0.29) is 19.3 Å². The van der Waals surface area contributed by atoms with Crippen molar-refractivity contribution in [2.45, 2.75) is 12.5 Å². The SMILES string of the molecule is C=Cc1ccc(OOCCC(COP(=O)([O-])O)[N+](C)(C)C)cc1. The zero-order valence-electron chi connectivity index (χ0n) is 13.7. The van der Waals surface area contributed by atoms with Gasteiger partial charge in [0.2, 0.25) is 0 Å². The van der Waals surface area contributed by atoms with Crippen molar-refractivity contribution in [1.29, 1.82) is 0 Å². The highest BCUT2D eigenvalue weighted by molar-refractivity contribution is 7.44. The number of likely N-dealkylation sites (N-methyl/N-ethyl adjacent to an activating group) is 1. The first kappa shape index (κ1) is 19.8. The van der Waals surface area contributed by atoms with E-state index < -0.39 is 7.82 Å². The van der Waals surface area contributed by atoms with E-state index in [1.807, 2.05) is 33.3 Å². The topological polar surface area (TPSA) is 88.1 Å². The van der Waals surface area contributed by atoms with Crippen LogP contribution in [0.3, 0.4) is 0 Å². The molecule has 0 amide bonds. The Morgan fingerprint density at radius 3 is 2.43 bits per heavy atom. The fourth-order valence-corrected chi connectivity index (χ4v) is 2.19. The van der Waals surface area contributed by atoms with Crippen molar-refractivity contribution < 1.29 is 33.1 Å². The molecule has 8 heteroatoms. The maximum atomic E-state index is 10.7. The van der Waals surface area contributed by atoms with Crippen LogP contribution in [0.25, 0.3) is 6.08 Å². The van der Waals surface area contributed by atoms with Crippen LogP contribution in [0, 0.1) is 0 Å². The summed E-state index contributed by atoms with van der Waals surface area (Å²) in [6.07, 6.45) is 2.22. The van der Waals surface area contributed by atoms with E-state index in [2.05, 4.69) is 11.1 Å². The van der Waals surface area contributed by atoms with Crippen LogP contribution < -0.4 is 9.78 Å². The monoisotopic (exact) mass is 345 g/mol. The van der Waals surface area contributed by atoms with E-state index in [0.29, 0.717) is 16.7 Å². The van der Waals surface area contributed by atoms with Gasteiger partial charge in [0.25, 0.3) is 7.82 Å². The molecule has 7 nitrogen and oxygen atoms in total. The summed E-state index contributed by atoms with van der Waals surface area (Å²) in [7, 11) is 0.972. The van der Waals surface area contributed by atoms with Gasteiger partial charge in [-0.2, -0.15) is 4.89 Å². The number of quaternary nitrogens is 1. The molecular weight excluding hydrogens is 321 g/mol. The highest BCUT2D eigenvalue weighted by Gasteiger charge is 2.25. The Balaban J connectivity index is 2.42. The average Bonchev–Trinajstić information content (AvgIpc) is 2.44. The zero-order valence-corrected chi connectivity index (χ0v) is 14.6. The molecule has 0 radical (unpaired) electrons. The molecule has 130 valence electrons. The first-order valence-corrected chi connectivity index (χ1v) is 8.63. The number of hydrogen-bond donors (Lipinski definition) is 1. The Morgan fingerprint density at radius 1 is 1.35 bits per heavy atom. The summed E-state index contributed by atoms with van der Waals surface area (Å²) >= 11 is 0. The van der Waals surface area contributed by atoms with Gasteiger partial charge in [0, 0.05) is 6.42 Å². The largest absolute Gasteiger partial charge is 0.756 e. The predicted octanol–water partition coefficient (Wildman–Crippen LogP) is 1.58. The lowest BCUT2D eigenvalue weighted by Gasteiger charge is -2.34. The molecule has 0 bridgehead atoms. The molecule has 0 aromatic heterocycles. The van der Waals surface area contributed by atoms with Crippen LogP contribution in [0.4, 0.5) is 0 Å². The van der Waals surface area contributed by atoms with Crippen LogP contribution in [0.15, 0.2) is 30.8 Å². The van der Waals surface area contributed by atoms with Crippen LogP contribution >= 0.6 is 7.82 Å². The molecule has 0 aliphatic carbocycles. The smallest absolute Gasteiger partial charge is 0.265 e. The molecule has 0 saturated heterocycles. The van der Waals surface area contributed by atoms with Crippen LogP contribution in [0.5, 0.6) is 5.75 Å². The summed E-state index contributed by atoms with van der Waals surface area (Å²) in [5, 5.41) is 0. The minimum absolute atomic E-state index is 0.127. The first-order chi connectivity index (χ1) is 10.6. The molecule has 1 N–H and O–H groups in total. The van der Waals surface area contributed by atoms with Crippen molar-refractivity contribution in [2.24, 2.45) is 0 Å². The van der Waals surface area contributed by atoms with Crippen LogP contribution in [0.2, 0.25) is 0 Å². The second-order valence-corrected chi connectivity index (χ2v) is 7.20. The summed E-state index contributed by atoms with van der Waals surface area (Å²) in [5.41, 5.74) is 0.977. The fourth-order valence-electron chi connectivity index (χ4n) is 1.83. The number of benzene rings is 1. The molecule has 0 fully saturated rings. The van der Waals surface area contributed by atoms with Gasteiger partial charge in [0.1, 0.15) is 12.6 Å². The zero-order chi connectivity index (χ0) is 17.5. The number of rotatable bonds is 10. The molecular formula is C15H24NO6P. The molecule has 2 unspecified atom stereocenters. The van der Waals surface area contributed by atoms with Crippen molar-refractivity contribution >= 4 is 13.9 Å². The summed E-state index contributed by atoms with van der Waals surface area (Å²) in [6, 6.07) is 7.03. The molecule has 0 saturated carbocycles. The summed E-state index contributed by atoms with van der Waals surface area (Å²) < 4.78 is 15.7. The van der Waals surface area contributed by atoms with Gasteiger partial charge >= 0.3 is 0 Å². The molecule has 2 atom stereocenters. The summed E-state index contributed by atoms with van der Waals surface area (Å²) in [6.45, 7) is 3.79. The van der Waals surface area contributed by atoms with Gasteiger partial charge in [-0.25, -0.2) is 0 Å². The van der Waals surface area contributed by atoms with Gasteiger partial charge < -0.3 is 23.7 Å². The molecule has 23 heavy (non-hydrogen) atoms. The van der Waals surface area contributed by atoms with Crippen LogP contribution in [-0.2, 0) is 14.0 Å². The molecule has 0 heterocycles. The minimum atomic E-state index is -4.72. The lowest BCUT2D eigenvalue weighted by atomic mass is 10.2. The van der Waals surface area contributed by atoms with Gasteiger partial charge in [0.05, 0.1) is 27.7 Å². The van der Waals surface area contributed by atoms with E-state index in [9.17, 15) is 9.46 Å². The van der Waals surface area contributed by atoms with Crippen molar-refractivity contribution in [1.82, 2.24) is 0 Å². The van der Waals surface area contributed by atoms with Gasteiger partial charge in [-0.1, -0.05) is 24.8 Å². The Kier molecular flexibility index (Phi) is 7.41. The predicted molar refractivity (Wildman–Crippen MR) is 85.3 cm³/mol. The first-order valence-electron chi connectivity index (χ1n) is 7.13. The minimum Gasteiger partial charge on any atom is -0.756 e. The number of nitrogens with zero attached hydrogens (tertiary/aromatic N) is 1. The molecule has 1 rings (SSSR count). The van der Waals surface area contributed by atoms with E-state index in [4.69, 9.17) is 14.7 Å². The number of hydrogen-bond acceptors (Lipinski definition) is 5. The molecule has 1 aromatic rings. The third kappa shape index (κ3) is 8.27. The molecule has 0 aliphatic heterocycles. The third-order valence-corrected chi connectivity index (χ3v) is 3.81. The summed E-state index contributed by atoms with van der Waals surface area (Å²) in [4.78, 5) is 29.7. The van der Waals surface area contributed by atoms with Gasteiger partial charge in [-0.05, 0) is 17.7 Å². The lowest BCUT2D eigenvalue weighted by Crippen LogP contribution is -2.48. The Bertz CT molecular complexity index is 534. The van der Waals surface area contributed by atoms with Crippen LogP contribution in [0.1, 0.15) is 12.0 Å². The third-order valence-electron chi connectivity index (χ3n) is 3.33. The van der Waals surface area contributed by atoms with Gasteiger partial charge in [0.15, 0.2) is 5.75 Å². The van der Waals surface area contributed by atoms with Gasteiger partial charge in [-0.15, -0.1) is 0 Å². The molecule has 1 aromatic carbocycles. The number of phosphoric ester groups is 1. The lowest BCUT2D eigenvalue weighted by molar-refractivity contribution is -0.896. The Hall–Kier alpha value is -1.21. The second-order valence-electron chi connectivity index (χ2n) is 6.00. The summed E-state index contributed by atoms with van der Waals surface area (Å²) in [5.74, 6) is 0.563. The van der Waals surface area contributed by atoms with Crippen molar-refractivity contribution in [3.63, 3.8) is 0 Å². The second kappa shape index (κ2) is 8.59. The highest BCUT2D eigenvalue weighted by atomic mass is 31.2. The van der Waals surface area contributed by atoms with E-state index in [1.165, 1.54) is 0 Å². The Morgan fingerprint density at radius 2 is 1.96 bits per heavy atom. The van der Waals surface area contributed by atoms with E-state index in [0.717, 1.165) is 5.56 Å². The van der Waals surface area contributed by atoms with Crippen molar-refractivity contribution in [2.75, 3.05) is 34.4 Å². The van der Waals surface area contributed by atoms with Crippen molar-refractivity contribution in [3.05, 3.63) is 36.4 Å². The maximum Gasteiger partial charge on any atom is 0.265 e. The maximum absolute atomic E-state index is 10.7. The fraction of sp³-hybridized carbons (Fsp3) is 0.467. The standard InChI is InChI=1S/C15H24NO6P/c1-5-13-6-8-15(9-7-13)22-20-11-10-14(16(2,3)4)12-21-23(17,18)19/h5-9,14H,1,10-12H2,2-4H3,(H-,17,18,19). The normalized spacial score (nSPS) is 15.7. The molecule has 0 aliphatic rings. The van der Waals surface area contributed by atoms with E-state index >= 15 is 0 Å². The number of phosphoric acid groups is 1. The van der Waals surface area contributed by atoms with Crippen LogP contribution in [-0.4, -0.2) is 49.8 Å². The average molecular weight is 345 g/mol. The Labute approximate surface area is 136 Å². The quantitative estimate of drug-likeness (QED) is 0.228.